The van der Waals surface area contributed by atoms with Crippen LogP contribution in [0.25, 0.3) is 5.57 Å². The average molecular weight is 258 g/mol. The fourth-order valence-corrected chi connectivity index (χ4v) is 2.67. The zero-order valence-electron chi connectivity index (χ0n) is 9.66. The van der Waals surface area contributed by atoms with Gasteiger partial charge in [0, 0.05) is 4.88 Å². The van der Waals surface area contributed by atoms with Gasteiger partial charge in [-0.05, 0) is 37.3 Å². The molecule has 0 radical (unpaired) electrons. The first-order chi connectivity index (χ1) is 7.08. The van der Waals surface area contributed by atoms with Crippen molar-refractivity contribution in [3.05, 3.63) is 28.0 Å². The summed E-state index contributed by atoms with van der Waals surface area (Å²) in [6, 6.07) is 4.05. The molecule has 0 aromatic carbocycles. The molecule has 1 aliphatic heterocycles. The molecule has 0 fully saturated rings. The first-order valence-corrected chi connectivity index (χ1v) is 5.99. The average Bonchev–Trinajstić information content (AvgIpc) is 2.76. The highest BCUT2D eigenvalue weighted by atomic mass is 35.5. The summed E-state index contributed by atoms with van der Waals surface area (Å²) < 4.78 is 5.66. The molecule has 2 nitrogen and oxygen atoms in total. The molecule has 1 unspecified atom stereocenters. The summed E-state index contributed by atoms with van der Waals surface area (Å²) in [5.74, 6) is 0.319. The summed E-state index contributed by atoms with van der Waals surface area (Å²) in [5.41, 5.74) is 1.88. The molecule has 4 heteroatoms. The fraction of sp³-hybridized carbons (Fsp3) is 0.417. The number of ether oxygens (including phenoxy) is 1. The third-order valence-electron chi connectivity index (χ3n) is 3.16. The molecule has 2 rings (SSSR count). The smallest absolute Gasteiger partial charge is 0.215 e. The van der Waals surface area contributed by atoms with Crippen LogP contribution in [0.1, 0.15) is 32.1 Å². The molecule has 0 saturated heterocycles. The summed E-state index contributed by atoms with van der Waals surface area (Å²) in [6.07, 6.45) is 0.899. The van der Waals surface area contributed by atoms with Gasteiger partial charge in [-0.3, -0.25) is 5.41 Å². The Morgan fingerprint density at radius 3 is 2.62 bits per heavy atom. The van der Waals surface area contributed by atoms with E-state index >= 15 is 0 Å². The van der Waals surface area contributed by atoms with E-state index in [1.165, 1.54) is 5.57 Å². The SMILES string of the molecule is CCC1(C)OC(=N)C(c2cccs2)=C1C.Cl. The number of halogens is 1. The predicted octanol–water partition coefficient (Wildman–Crippen LogP) is 4.12. The number of thiophene rings is 1. The van der Waals surface area contributed by atoms with Crippen molar-refractivity contribution in [1.29, 1.82) is 5.41 Å². The van der Waals surface area contributed by atoms with Crippen LogP contribution in [0.5, 0.6) is 0 Å². The van der Waals surface area contributed by atoms with Gasteiger partial charge in [-0.1, -0.05) is 13.0 Å². The van der Waals surface area contributed by atoms with Crippen molar-refractivity contribution in [2.45, 2.75) is 32.8 Å². The van der Waals surface area contributed by atoms with Crippen LogP contribution in [0.3, 0.4) is 0 Å². The van der Waals surface area contributed by atoms with Gasteiger partial charge in [0.25, 0.3) is 0 Å². The molecule has 0 spiro atoms. The van der Waals surface area contributed by atoms with Gasteiger partial charge in [0.2, 0.25) is 5.90 Å². The maximum atomic E-state index is 7.90. The second-order valence-electron chi connectivity index (χ2n) is 3.99. The third kappa shape index (κ3) is 1.89. The Labute approximate surface area is 106 Å². The Morgan fingerprint density at radius 2 is 2.19 bits per heavy atom. The first-order valence-electron chi connectivity index (χ1n) is 5.11. The van der Waals surface area contributed by atoms with E-state index in [2.05, 4.69) is 20.8 Å². The Morgan fingerprint density at radius 1 is 1.50 bits per heavy atom. The normalized spacial score (nSPS) is 24.3. The van der Waals surface area contributed by atoms with E-state index in [9.17, 15) is 0 Å². The first kappa shape index (κ1) is 13.3. The maximum Gasteiger partial charge on any atom is 0.215 e. The van der Waals surface area contributed by atoms with Gasteiger partial charge in [-0.15, -0.1) is 23.7 Å². The lowest BCUT2D eigenvalue weighted by Gasteiger charge is -2.23. The van der Waals surface area contributed by atoms with Gasteiger partial charge in [0.15, 0.2) is 0 Å². The topological polar surface area (TPSA) is 33.1 Å². The second-order valence-corrected chi connectivity index (χ2v) is 4.94. The quantitative estimate of drug-likeness (QED) is 0.849. The molecule has 2 heterocycles. The van der Waals surface area contributed by atoms with Crippen LogP contribution in [-0.4, -0.2) is 11.5 Å². The molecule has 1 aromatic rings. The predicted molar refractivity (Wildman–Crippen MR) is 71.7 cm³/mol. The highest BCUT2D eigenvalue weighted by Gasteiger charge is 2.38. The van der Waals surface area contributed by atoms with Gasteiger partial charge < -0.3 is 4.74 Å². The molecule has 1 N–H and O–H groups in total. The second kappa shape index (κ2) is 4.60. The Hall–Kier alpha value is -0.800. The minimum absolute atomic E-state index is 0. The molecule has 16 heavy (non-hydrogen) atoms. The fourth-order valence-electron chi connectivity index (χ4n) is 1.84. The standard InChI is InChI=1S/C12H15NOS.ClH/c1-4-12(3)8(2)10(11(13)14-12)9-6-5-7-15-9;/h5-7,13H,4H2,1-3H3;1H. The molecule has 0 bridgehead atoms. The van der Waals surface area contributed by atoms with Crippen LogP contribution in [0.2, 0.25) is 0 Å². The number of rotatable bonds is 2. The minimum atomic E-state index is -0.281. The minimum Gasteiger partial charge on any atom is -0.467 e. The van der Waals surface area contributed by atoms with Crippen molar-refractivity contribution >= 4 is 35.2 Å². The lowest BCUT2D eigenvalue weighted by Crippen LogP contribution is -2.25. The van der Waals surface area contributed by atoms with Crippen molar-refractivity contribution in [3.63, 3.8) is 0 Å². The van der Waals surface area contributed by atoms with E-state index < -0.39 is 0 Å². The largest absolute Gasteiger partial charge is 0.467 e. The highest BCUT2D eigenvalue weighted by molar-refractivity contribution is 7.11. The lowest BCUT2D eigenvalue weighted by atomic mass is 9.92. The van der Waals surface area contributed by atoms with Crippen LogP contribution in [0.15, 0.2) is 23.1 Å². The highest BCUT2D eigenvalue weighted by Crippen LogP contribution is 2.40. The van der Waals surface area contributed by atoms with Gasteiger partial charge in [-0.25, -0.2) is 0 Å². The monoisotopic (exact) mass is 257 g/mol. The molecular formula is C12H16ClNOS. The van der Waals surface area contributed by atoms with Gasteiger partial charge in [0.05, 0.1) is 5.57 Å². The molecule has 88 valence electrons. The molecule has 1 atom stereocenters. The lowest BCUT2D eigenvalue weighted by molar-refractivity contribution is 0.123. The van der Waals surface area contributed by atoms with E-state index in [1.54, 1.807) is 11.3 Å². The van der Waals surface area contributed by atoms with Crippen LogP contribution >= 0.6 is 23.7 Å². The molecular weight excluding hydrogens is 242 g/mol. The summed E-state index contributed by atoms with van der Waals surface area (Å²) in [6.45, 7) is 6.21. The Kier molecular flexibility index (Phi) is 3.81. The molecule has 1 aliphatic rings. The van der Waals surface area contributed by atoms with E-state index in [0.717, 1.165) is 16.9 Å². The number of hydrogen-bond donors (Lipinski definition) is 1. The van der Waals surface area contributed by atoms with Crippen LogP contribution in [-0.2, 0) is 4.74 Å². The van der Waals surface area contributed by atoms with Crippen molar-refractivity contribution in [2.24, 2.45) is 0 Å². The molecule has 1 aromatic heterocycles. The zero-order chi connectivity index (χ0) is 11.1. The van der Waals surface area contributed by atoms with Crippen molar-refractivity contribution in [1.82, 2.24) is 0 Å². The molecule has 0 saturated carbocycles. The van der Waals surface area contributed by atoms with Gasteiger partial charge >= 0.3 is 0 Å². The van der Waals surface area contributed by atoms with E-state index in [4.69, 9.17) is 10.1 Å². The van der Waals surface area contributed by atoms with E-state index in [0.29, 0.717) is 5.90 Å². The van der Waals surface area contributed by atoms with Crippen molar-refractivity contribution in [2.75, 3.05) is 0 Å². The summed E-state index contributed by atoms with van der Waals surface area (Å²) in [7, 11) is 0. The summed E-state index contributed by atoms with van der Waals surface area (Å²) in [5, 5.41) is 9.93. The van der Waals surface area contributed by atoms with Crippen LogP contribution in [0.4, 0.5) is 0 Å². The third-order valence-corrected chi connectivity index (χ3v) is 4.05. The van der Waals surface area contributed by atoms with Crippen molar-refractivity contribution in [3.8, 4) is 0 Å². The van der Waals surface area contributed by atoms with Crippen LogP contribution < -0.4 is 0 Å². The maximum absolute atomic E-state index is 7.90. The summed E-state index contributed by atoms with van der Waals surface area (Å²) >= 11 is 1.66. The van der Waals surface area contributed by atoms with Crippen molar-refractivity contribution < 1.29 is 4.74 Å². The van der Waals surface area contributed by atoms with Crippen LogP contribution in [0, 0.1) is 5.41 Å². The van der Waals surface area contributed by atoms with E-state index in [1.807, 2.05) is 17.5 Å². The number of hydrogen-bond acceptors (Lipinski definition) is 3. The molecule has 0 aliphatic carbocycles. The molecule has 0 amide bonds. The van der Waals surface area contributed by atoms with Gasteiger partial charge in [-0.2, -0.15) is 0 Å². The Balaban J connectivity index is 0.00000128. The van der Waals surface area contributed by atoms with Gasteiger partial charge in [0.1, 0.15) is 5.60 Å². The number of nitrogens with one attached hydrogen (secondary N) is 1. The van der Waals surface area contributed by atoms with E-state index in [-0.39, 0.29) is 18.0 Å². The summed E-state index contributed by atoms with van der Waals surface area (Å²) in [4.78, 5) is 1.13. The Bertz CT molecular complexity index is 424. The zero-order valence-corrected chi connectivity index (χ0v) is 11.3.